The van der Waals surface area contributed by atoms with Crippen LogP contribution in [0.3, 0.4) is 0 Å². The van der Waals surface area contributed by atoms with Crippen molar-refractivity contribution in [3.05, 3.63) is 83.4 Å². The molecule has 0 unspecified atom stereocenters. The predicted octanol–water partition coefficient (Wildman–Crippen LogP) is 3.56. The van der Waals surface area contributed by atoms with E-state index in [4.69, 9.17) is 0 Å². The number of hydrogen-bond acceptors (Lipinski definition) is 7. The van der Waals surface area contributed by atoms with Crippen LogP contribution >= 0.6 is 0 Å². The van der Waals surface area contributed by atoms with Gasteiger partial charge in [0.1, 0.15) is 17.2 Å². The molecule has 3 aromatic carbocycles. The Morgan fingerprint density at radius 1 is 0.778 bits per heavy atom. The molecule has 36 heavy (non-hydrogen) atoms. The minimum atomic E-state index is -4.96. The Morgan fingerprint density at radius 2 is 1.28 bits per heavy atom. The zero-order valence-corrected chi connectivity index (χ0v) is 19.6. The van der Waals surface area contributed by atoms with Crippen LogP contribution in [-0.4, -0.2) is 53.9 Å². The van der Waals surface area contributed by atoms with E-state index in [-0.39, 0.29) is 29.5 Å². The summed E-state index contributed by atoms with van der Waals surface area (Å²) in [5.41, 5.74) is 1.38. The Bertz CT molecular complexity index is 1220. The smallest absolute Gasteiger partial charge is 0.404 e. The van der Waals surface area contributed by atoms with E-state index < -0.39 is 39.5 Å². The lowest BCUT2D eigenvalue weighted by Crippen LogP contribution is -2.28. The minimum absolute atomic E-state index is 0.00775. The van der Waals surface area contributed by atoms with Crippen LogP contribution in [0, 0.1) is 0 Å². The number of anilines is 1. The summed E-state index contributed by atoms with van der Waals surface area (Å²) in [7, 11) is -4.82. The van der Waals surface area contributed by atoms with Crippen molar-refractivity contribution in [2.45, 2.75) is 18.2 Å². The van der Waals surface area contributed by atoms with Crippen molar-refractivity contribution < 1.29 is 42.0 Å². The second-order valence-electron chi connectivity index (χ2n) is 8.16. The van der Waals surface area contributed by atoms with Crippen LogP contribution in [0.5, 0.6) is 17.2 Å². The summed E-state index contributed by atoms with van der Waals surface area (Å²) >= 11 is 0. The van der Waals surface area contributed by atoms with Crippen molar-refractivity contribution >= 4 is 15.7 Å². The molecule has 0 radical (unpaired) electrons. The molecule has 6 N–H and O–H groups in total. The predicted molar refractivity (Wildman–Crippen MR) is 127 cm³/mol. The molecule has 0 saturated carbocycles. The van der Waals surface area contributed by atoms with Crippen LogP contribution < -0.4 is 10.0 Å². The highest BCUT2D eigenvalue weighted by Crippen LogP contribution is 2.30. The Morgan fingerprint density at radius 3 is 1.78 bits per heavy atom. The number of phenols is 3. The lowest BCUT2D eigenvalue weighted by Gasteiger charge is -2.21. The van der Waals surface area contributed by atoms with Crippen molar-refractivity contribution in [3.8, 4) is 17.2 Å². The van der Waals surface area contributed by atoms with E-state index in [1.165, 1.54) is 30.3 Å². The quantitative estimate of drug-likeness (QED) is 0.222. The first-order valence-corrected chi connectivity index (χ1v) is 12.3. The monoisotopic (exact) mass is 526 g/mol. The fourth-order valence-corrected chi connectivity index (χ4v) is 4.59. The number of halogens is 3. The van der Waals surface area contributed by atoms with Gasteiger partial charge in [-0.3, -0.25) is 4.72 Å². The van der Waals surface area contributed by atoms with Gasteiger partial charge in [0.15, 0.2) is 5.75 Å². The summed E-state index contributed by atoms with van der Waals surface area (Å²) in [4.78, 5) is 0. The third-order valence-electron chi connectivity index (χ3n) is 5.30. The number of hydrogen-bond donors (Lipinski definition) is 6. The van der Waals surface area contributed by atoms with E-state index >= 15 is 0 Å². The standard InChI is InChI=1S/C24H25F3N2O6S/c25-24(26,27)14-36(34,35)29-21-11-17(5-10-22(21)32)23(33)13-28-12-20(15-1-6-18(30)7-2-15)16-3-8-19(31)9-4-16/h1-11,20,23,28-33H,12-14H2/t23-/m0/s1. The van der Waals surface area contributed by atoms with Gasteiger partial charge in [0.2, 0.25) is 10.0 Å². The van der Waals surface area contributed by atoms with E-state index in [9.17, 15) is 42.0 Å². The highest BCUT2D eigenvalue weighted by atomic mass is 32.2. The highest BCUT2D eigenvalue weighted by molar-refractivity contribution is 7.92. The van der Waals surface area contributed by atoms with Crippen LogP contribution in [0.4, 0.5) is 18.9 Å². The molecule has 0 aromatic heterocycles. The minimum Gasteiger partial charge on any atom is -0.508 e. The maximum absolute atomic E-state index is 12.5. The molecule has 3 rings (SSSR count). The van der Waals surface area contributed by atoms with Crippen molar-refractivity contribution in [3.63, 3.8) is 0 Å². The van der Waals surface area contributed by atoms with Crippen LogP contribution in [0.15, 0.2) is 66.7 Å². The Labute approximate surface area is 205 Å². The molecule has 0 aliphatic rings. The number of aliphatic hydroxyl groups excluding tert-OH is 1. The van der Waals surface area contributed by atoms with E-state index in [1.807, 2.05) is 0 Å². The first-order valence-electron chi connectivity index (χ1n) is 10.7. The zero-order valence-electron chi connectivity index (χ0n) is 18.8. The summed E-state index contributed by atoms with van der Waals surface area (Å²) in [6, 6.07) is 16.6. The van der Waals surface area contributed by atoms with Gasteiger partial charge in [-0.25, -0.2) is 8.42 Å². The highest BCUT2D eigenvalue weighted by Gasteiger charge is 2.35. The number of benzene rings is 3. The van der Waals surface area contributed by atoms with Crippen molar-refractivity contribution in [1.29, 1.82) is 0 Å². The number of alkyl halides is 3. The number of sulfonamides is 1. The number of nitrogens with one attached hydrogen (secondary N) is 2. The average Bonchev–Trinajstić information content (AvgIpc) is 2.78. The lowest BCUT2D eigenvalue weighted by atomic mass is 9.91. The second kappa shape index (κ2) is 11.1. The fourth-order valence-electron chi connectivity index (χ4n) is 3.59. The SMILES string of the molecule is O=S(=O)(CC(F)(F)F)Nc1cc([C@@H](O)CNCC(c2ccc(O)cc2)c2ccc(O)cc2)ccc1O. The largest absolute Gasteiger partial charge is 0.508 e. The molecule has 0 spiro atoms. The van der Waals surface area contributed by atoms with Crippen molar-refractivity contribution in [2.24, 2.45) is 0 Å². The number of rotatable bonds is 10. The lowest BCUT2D eigenvalue weighted by molar-refractivity contribution is -0.106. The molecule has 12 heteroatoms. The molecule has 194 valence electrons. The topological polar surface area (TPSA) is 139 Å². The van der Waals surface area contributed by atoms with E-state index in [1.54, 1.807) is 29.0 Å². The fraction of sp³-hybridized carbons (Fsp3) is 0.250. The first-order chi connectivity index (χ1) is 16.8. The van der Waals surface area contributed by atoms with Gasteiger partial charge < -0.3 is 25.7 Å². The summed E-state index contributed by atoms with van der Waals surface area (Å²) < 4.78 is 62.7. The number of phenolic OH excluding ortho intramolecular Hbond substituents is 3. The summed E-state index contributed by atoms with van der Waals surface area (Å²) in [5, 5.41) is 42.7. The van der Waals surface area contributed by atoms with Crippen LogP contribution in [-0.2, 0) is 10.0 Å². The molecular weight excluding hydrogens is 501 g/mol. The molecule has 0 heterocycles. The maximum atomic E-state index is 12.5. The molecule has 0 saturated heterocycles. The zero-order chi connectivity index (χ0) is 26.5. The van der Waals surface area contributed by atoms with Gasteiger partial charge in [-0.15, -0.1) is 0 Å². The number of aromatic hydroxyl groups is 3. The van der Waals surface area contributed by atoms with Crippen LogP contribution in [0.2, 0.25) is 0 Å². The molecule has 0 aliphatic carbocycles. The van der Waals surface area contributed by atoms with Gasteiger partial charge in [0.05, 0.1) is 11.8 Å². The maximum Gasteiger partial charge on any atom is 0.404 e. The molecule has 0 aliphatic heterocycles. The van der Waals surface area contributed by atoms with Crippen molar-refractivity contribution in [2.75, 3.05) is 23.6 Å². The average molecular weight is 527 g/mol. The summed E-state index contributed by atoms with van der Waals surface area (Å²) in [6.07, 6.45) is -6.15. The normalized spacial score (nSPS) is 13.0. The van der Waals surface area contributed by atoms with Crippen LogP contribution in [0.1, 0.15) is 28.7 Å². The van der Waals surface area contributed by atoms with Crippen LogP contribution in [0.25, 0.3) is 0 Å². The number of aliphatic hydroxyl groups is 1. The van der Waals surface area contributed by atoms with E-state index in [0.29, 0.717) is 6.54 Å². The molecule has 1 atom stereocenters. The van der Waals surface area contributed by atoms with Crippen molar-refractivity contribution in [1.82, 2.24) is 5.32 Å². The van der Waals surface area contributed by atoms with Gasteiger partial charge in [-0.1, -0.05) is 30.3 Å². The van der Waals surface area contributed by atoms with E-state index in [0.717, 1.165) is 23.3 Å². The molecule has 0 amide bonds. The summed E-state index contributed by atoms with van der Waals surface area (Å²) in [5.74, 6) is -2.74. The Kier molecular flexibility index (Phi) is 8.33. The molecule has 8 nitrogen and oxygen atoms in total. The third kappa shape index (κ3) is 7.77. The molecule has 0 bridgehead atoms. The molecule has 3 aromatic rings. The third-order valence-corrected chi connectivity index (χ3v) is 6.54. The molecule has 0 fully saturated rings. The van der Waals surface area contributed by atoms with Gasteiger partial charge in [-0.05, 0) is 53.1 Å². The van der Waals surface area contributed by atoms with Gasteiger partial charge >= 0.3 is 6.18 Å². The van der Waals surface area contributed by atoms with E-state index in [2.05, 4.69) is 5.32 Å². The Hall–Kier alpha value is -3.48. The molecular formula is C24H25F3N2O6S. The van der Waals surface area contributed by atoms with Gasteiger partial charge in [0, 0.05) is 19.0 Å². The first kappa shape index (κ1) is 27.1. The van der Waals surface area contributed by atoms with Gasteiger partial charge in [-0.2, -0.15) is 13.2 Å². The van der Waals surface area contributed by atoms with Gasteiger partial charge in [0.25, 0.3) is 0 Å². The second-order valence-corrected chi connectivity index (χ2v) is 9.88. The summed E-state index contributed by atoms with van der Waals surface area (Å²) in [6.45, 7) is 0.321. The Balaban J connectivity index is 1.71.